The molecular formula is C46H77BrN2O8Si2. The second-order valence-corrected chi connectivity index (χ2v) is 29.5. The average Bonchev–Trinajstić information content (AvgIpc) is 3.13. The third-order valence-corrected chi connectivity index (χ3v) is 19.5. The summed E-state index contributed by atoms with van der Waals surface area (Å²) in [4.78, 5) is 34.5. The number of hydrogen-bond donors (Lipinski definition) is 3. The van der Waals surface area contributed by atoms with E-state index < -0.39 is 47.0 Å². The highest BCUT2D eigenvalue weighted by Gasteiger charge is 2.38. The van der Waals surface area contributed by atoms with Gasteiger partial charge in [-0.2, -0.15) is 0 Å². The number of aliphatic hydroxyl groups excluding tert-OH is 1. The van der Waals surface area contributed by atoms with Crippen LogP contribution >= 0.6 is 15.9 Å². The Morgan fingerprint density at radius 3 is 1.46 bits per heavy atom. The highest BCUT2D eigenvalue weighted by Crippen LogP contribution is 2.37. The maximum atomic E-state index is 12.3. The molecule has 3 atom stereocenters. The predicted molar refractivity (Wildman–Crippen MR) is 252 cm³/mol. The Bertz CT molecular complexity index is 1540. The summed E-state index contributed by atoms with van der Waals surface area (Å²) in [7, 11) is -3.50. The molecule has 0 saturated heterocycles. The van der Waals surface area contributed by atoms with Crippen molar-refractivity contribution in [1.29, 1.82) is 0 Å². The van der Waals surface area contributed by atoms with E-state index in [4.69, 9.17) is 18.3 Å². The molecule has 0 aliphatic carbocycles. The molecule has 10 nitrogen and oxygen atoms in total. The van der Waals surface area contributed by atoms with Crippen molar-refractivity contribution in [2.24, 2.45) is 11.8 Å². The number of hydrogen-bond acceptors (Lipinski definition) is 8. The Kier molecular flexibility index (Phi) is 25.6. The summed E-state index contributed by atoms with van der Waals surface area (Å²) in [6, 6.07) is 17.9. The third kappa shape index (κ3) is 24.7. The number of halogens is 1. The molecule has 334 valence electrons. The zero-order chi connectivity index (χ0) is 45.6. The molecule has 0 saturated carbocycles. The average molecular weight is 922 g/mol. The van der Waals surface area contributed by atoms with Crippen LogP contribution in [0.5, 0.6) is 0 Å². The van der Waals surface area contributed by atoms with E-state index in [-0.39, 0.29) is 35.8 Å². The van der Waals surface area contributed by atoms with Crippen molar-refractivity contribution in [2.75, 3.05) is 13.2 Å². The first-order valence-electron chi connectivity index (χ1n) is 20.5. The van der Waals surface area contributed by atoms with Crippen molar-refractivity contribution in [2.45, 2.75) is 150 Å². The van der Waals surface area contributed by atoms with Gasteiger partial charge in [-0.15, -0.1) is 0 Å². The smallest absolute Gasteiger partial charge is 0.408 e. The van der Waals surface area contributed by atoms with E-state index in [1.807, 2.05) is 88.4 Å². The van der Waals surface area contributed by atoms with Crippen molar-refractivity contribution in [3.8, 4) is 0 Å². The predicted octanol–water partition coefficient (Wildman–Crippen LogP) is 11.7. The number of aldehydes is 1. The first-order chi connectivity index (χ1) is 27.1. The van der Waals surface area contributed by atoms with Crippen LogP contribution in [0.3, 0.4) is 0 Å². The number of alkyl carbamates (subject to hydrolysis) is 2. The fraction of sp³-hybridized carbons (Fsp3) is 0.587. The van der Waals surface area contributed by atoms with Gasteiger partial charge in [0.2, 0.25) is 0 Å². The Morgan fingerprint density at radius 1 is 0.712 bits per heavy atom. The molecule has 0 bridgehead atoms. The molecule has 0 radical (unpaired) electrons. The maximum absolute atomic E-state index is 12.3. The van der Waals surface area contributed by atoms with E-state index in [0.717, 1.165) is 21.9 Å². The van der Waals surface area contributed by atoms with Gasteiger partial charge in [-0.25, -0.2) is 9.59 Å². The lowest BCUT2D eigenvalue weighted by atomic mass is 9.95. The molecule has 0 heterocycles. The Balaban J connectivity index is 0.000000951. The van der Waals surface area contributed by atoms with Gasteiger partial charge in [0.05, 0.1) is 31.4 Å². The highest BCUT2D eigenvalue weighted by atomic mass is 79.9. The van der Waals surface area contributed by atoms with Gasteiger partial charge in [-0.1, -0.05) is 159 Å². The topological polar surface area (TPSA) is 132 Å². The van der Waals surface area contributed by atoms with E-state index in [0.29, 0.717) is 30.9 Å². The zero-order valence-electron chi connectivity index (χ0n) is 38.6. The van der Waals surface area contributed by atoms with E-state index in [1.165, 1.54) is 0 Å². The molecule has 2 amide bonds. The van der Waals surface area contributed by atoms with Crippen molar-refractivity contribution >= 4 is 51.0 Å². The zero-order valence-corrected chi connectivity index (χ0v) is 42.2. The molecule has 0 aliphatic rings. The summed E-state index contributed by atoms with van der Waals surface area (Å²) < 4.78 is 23.3. The lowest BCUT2D eigenvalue weighted by Gasteiger charge is -2.37. The maximum Gasteiger partial charge on any atom is 0.408 e. The fourth-order valence-corrected chi connectivity index (χ4v) is 6.87. The summed E-state index contributed by atoms with van der Waals surface area (Å²) in [6.45, 7) is 39.2. The Labute approximate surface area is 367 Å². The van der Waals surface area contributed by atoms with Gasteiger partial charge < -0.3 is 38.9 Å². The highest BCUT2D eigenvalue weighted by molar-refractivity contribution is 9.11. The minimum Gasteiger partial charge on any atom is -0.445 e. The van der Waals surface area contributed by atoms with Gasteiger partial charge >= 0.3 is 12.2 Å². The normalized spacial score (nSPS) is 13.4. The fourth-order valence-electron chi connectivity index (χ4n) is 4.60. The molecule has 0 aliphatic heterocycles. The second kappa shape index (κ2) is 27.0. The molecule has 0 spiro atoms. The Hall–Kier alpha value is -3.08. The number of ether oxygens (including phenoxy) is 2. The molecule has 0 aromatic heterocycles. The SMILES string of the molecule is C=C(Br)CO[Si](C)(C)C(C)(C)C.C=C(CO[Si](C)(C)C(C)(C)C)[C@@H](O)C(CC(C)C)NC(=O)OCc1ccccc1.CC(C)CC(C=O)NC(=O)OCc1ccccc1. The summed E-state index contributed by atoms with van der Waals surface area (Å²) in [5, 5.41) is 16.5. The van der Waals surface area contributed by atoms with Gasteiger partial charge in [0.25, 0.3) is 0 Å². The lowest BCUT2D eigenvalue weighted by molar-refractivity contribution is -0.109. The van der Waals surface area contributed by atoms with Gasteiger partial charge in [-0.05, 0) is 77.6 Å². The van der Waals surface area contributed by atoms with E-state index in [9.17, 15) is 19.5 Å². The van der Waals surface area contributed by atoms with Crippen LogP contribution in [0.25, 0.3) is 0 Å². The van der Waals surface area contributed by atoms with Crippen LogP contribution in [0.1, 0.15) is 93.2 Å². The van der Waals surface area contributed by atoms with Crippen LogP contribution in [0.4, 0.5) is 9.59 Å². The van der Waals surface area contributed by atoms with Crippen molar-refractivity contribution in [3.05, 3.63) is 95.0 Å². The number of nitrogens with one attached hydrogen (secondary N) is 2. The molecule has 2 rings (SSSR count). The molecule has 2 unspecified atom stereocenters. The minimum absolute atomic E-state index is 0.0784. The number of carbonyl (C=O) groups is 3. The standard InChI is InChI=1S/C23H39NO4Si.C14H19NO3.C9H19BrOSi/c1-17(2)14-20(24-22(26)27-16-19-12-10-9-11-13-19)21(25)18(3)15-28-29(7,8)23(4,5)6;1-11(2)8-13(9-16)15-14(17)18-10-12-6-4-3-5-7-12;1-8(10)7-11-12(5,6)9(2,3)4/h9-13,17,20-21,25H,3,14-16H2,1-2,4-8H3,(H,24,26);3-7,9,11,13H,8,10H2,1-2H3,(H,15,17);1,7H2,2-6H3/t20?,21-;;/m1../s1. The van der Waals surface area contributed by atoms with Crippen LogP contribution in [0.15, 0.2) is 83.9 Å². The van der Waals surface area contributed by atoms with Crippen LogP contribution < -0.4 is 10.6 Å². The first-order valence-corrected chi connectivity index (χ1v) is 27.1. The molecular weight excluding hydrogens is 845 g/mol. The number of aliphatic hydroxyl groups is 1. The Morgan fingerprint density at radius 2 is 1.10 bits per heavy atom. The molecule has 59 heavy (non-hydrogen) atoms. The van der Waals surface area contributed by atoms with E-state index >= 15 is 0 Å². The van der Waals surface area contributed by atoms with Gasteiger partial charge in [0.15, 0.2) is 16.6 Å². The summed E-state index contributed by atoms with van der Waals surface area (Å²) >= 11 is 3.30. The van der Waals surface area contributed by atoms with Crippen LogP contribution in [0, 0.1) is 11.8 Å². The number of carbonyl (C=O) groups excluding carboxylic acids is 3. The number of benzene rings is 2. The van der Waals surface area contributed by atoms with Crippen molar-refractivity contribution < 1.29 is 37.8 Å². The van der Waals surface area contributed by atoms with Gasteiger partial charge in [0.1, 0.15) is 19.5 Å². The number of rotatable bonds is 19. The summed E-state index contributed by atoms with van der Waals surface area (Å²) in [5.74, 6) is 0.632. The molecule has 13 heteroatoms. The van der Waals surface area contributed by atoms with E-state index in [1.54, 1.807) is 0 Å². The lowest BCUT2D eigenvalue weighted by Crippen LogP contribution is -2.47. The summed E-state index contributed by atoms with van der Waals surface area (Å²) in [6.07, 6.45) is -0.0336. The molecule has 2 aromatic rings. The third-order valence-electron chi connectivity index (χ3n) is 10.3. The monoisotopic (exact) mass is 920 g/mol. The van der Waals surface area contributed by atoms with Crippen molar-refractivity contribution in [3.63, 3.8) is 0 Å². The molecule has 0 fully saturated rings. The van der Waals surface area contributed by atoms with Crippen LogP contribution in [0.2, 0.25) is 36.3 Å². The summed E-state index contributed by atoms with van der Waals surface area (Å²) in [5.41, 5.74) is 2.40. The molecule has 2 aromatic carbocycles. The van der Waals surface area contributed by atoms with Crippen LogP contribution in [-0.4, -0.2) is 71.6 Å². The van der Waals surface area contributed by atoms with E-state index in [2.05, 4.69) is 107 Å². The van der Waals surface area contributed by atoms with Gasteiger partial charge in [0, 0.05) is 4.48 Å². The van der Waals surface area contributed by atoms with Crippen molar-refractivity contribution in [1.82, 2.24) is 10.6 Å². The van der Waals surface area contributed by atoms with Crippen LogP contribution in [-0.2, 0) is 36.3 Å². The molecule has 3 N–H and O–H groups in total. The largest absolute Gasteiger partial charge is 0.445 e. The van der Waals surface area contributed by atoms with Gasteiger partial charge in [-0.3, -0.25) is 0 Å². The number of amides is 2. The second-order valence-electron chi connectivity index (χ2n) is 18.7. The first kappa shape index (κ1) is 55.9. The minimum atomic E-state index is -1.95. The quantitative estimate of drug-likeness (QED) is 0.0721.